The number of methoxy groups -OCH3 is 1. The number of piperidine rings is 1. The Labute approximate surface area is 98.3 Å². The number of hydrogen-bond donors (Lipinski definition) is 1. The highest BCUT2D eigenvalue weighted by molar-refractivity contribution is 5.78. The summed E-state index contributed by atoms with van der Waals surface area (Å²) in [5.74, 6) is 0.856. The fourth-order valence-corrected chi connectivity index (χ4v) is 2.11. The molecule has 4 nitrogen and oxygen atoms in total. The van der Waals surface area contributed by atoms with Crippen molar-refractivity contribution in [2.45, 2.75) is 32.7 Å². The van der Waals surface area contributed by atoms with Gasteiger partial charge >= 0.3 is 0 Å². The van der Waals surface area contributed by atoms with Crippen molar-refractivity contribution in [1.29, 1.82) is 0 Å². The second-order valence-electron chi connectivity index (χ2n) is 4.75. The Morgan fingerprint density at radius 3 is 2.88 bits per heavy atom. The average Bonchev–Trinajstić information content (AvgIpc) is 2.27. The molecular formula is C12H24N2O2. The number of hydrogen-bond acceptors (Lipinski definition) is 3. The van der Waals surface area contributed by atoms with Gasteiger partial charge in [-0.15, -0.1) is 0 Å². The van der Waals surface area contributed by atoms with Gasteiger partial charge in [0.2, 0.25) is 5.91 Å². The van der Waals surface area contributed by atoms with Crippen LogP contribution in [-0.2, 0) is 9.53 Å². The maximum absolute atomic E-state index is 11.9. The van der Waals surface area contributed by atoms with Gasteiger partial charge in [-0.25, -0.2) is 0 Å². The predicted molar refractivity (Wildman–Crippen MR) is 64.3 cm³/mol. The molecule has 0 aliphatic carbocycles. The molecule has 0 aromatic rings. The van der Waals surface area contributed by atoms with Gasteiger partial charge in [0.05, 0.1) is 13.2 Å². The first-order valence-corrected chi connectivity index (χ1v) is 6.14. The third-order valence-corrected chi connectivity index (χ3v) is 3.20. The molecule has 1 rings (SSSR count). The highest BCUT2D eigenvalue weighted by Crippen LogP contribution is 2.20. The summed E-state index contributed by atoms with van der Waals surface area (Å²) in [6.45, 7) is 7.08. The van der Waals surface area contributed by atoms with Gasteiger partial charge in [0.15, 0.2) is 0 Å². The molecule has 0 bridgehead atoms. The lowest BCUT2D eigenvalue weighted by atomic mass is 9.95. The van der Waals surface area contributed by atoms with Crippen LogP contribution in [0.25, 0.3) is 0 Å². The molecule has 1 amide bonds. The molecule has 0 saturated carbocycles. The van der Waals surface area contributed by atoms with E-state index in [1.54, 1.807) is 7.11 Å². The summed E-state index contributed by atoms with van der Waals surface area (Å²) in [6, 6.07) is 0.396. The molecule has 0 aromatic carbocycles. The van der Waals surface area contributed by atoms with Crippen LogP contribution in [0.3, 0.4) is 0 Å². The van der Waals surface area contributed by atoms with Crippen molar-refractivity contribution < 1.29 is 9.53 Å². The molecule has 16 heavy (non-hydrogen) atoms. The molecule has 0 aromatic heterocycles. The van der Waals surface area contributed by atoms with E-state index < -0.39 is 0 Å². The minimum atomic E-state index is 0.218. The van der Waals surface area contributed by atoms with Crippen molar-refractivity contribution in [3.8, 4) is 0 Å². The molecular weight excluding hydrogens is 204 g/mol. The predicted octanol–water partition coefficient (Wildman–Crippen LogP) is 0.869. The Bertz CT molecular complexity index is 221. The van der Waals surface area contributed by atoms with E-state index in [1.165, 1.54) is 6.42 Å². The van der Waals surface area contributed by atoms with Gasteiger partial charge in [-0.3, -0.25) is 4.79 Å². The van der Waals surface area contributed by atoms with Crippen molar-refractivity contribution >= 4 is 5.91 Å². The minimum absolute atomic E-state index is 0.218. The average molecular weight is 228 g/mol. The van der Waals surface area contributed by atoms with Crippen molar-refractivity contribution in [3.63, 3.8) is 0 Å². The van der Waals surface area contributed by atoms with E-state index in [9.17, 15) is 4.79 Å². The van der Waals surface area contributed by atoms with Crippen molar-refractivity contribution in [3.05, 3.63) is 0 Å². The lowest BCUT2D eigenvalue weighted by Gasteiger charge is -2.37. The van der Waals surface area contributed by atoms with Crippen LogP contribution in [0.4, 0.5) is 0 Å². The first kappa shape index (κ1) is 13.5. The van der Waals surface area contributed by atoms with Gasteiger partial charge in [0.1, 0.15) is 0 Å². The molecule has 94 valence electrons. The number of nitrogens with one attached hydrogen (secondary N) is 1. The standard InChI is InChI=1S/C12H24N2O2/c1-10-4-5-11(2)14(9-10)12(15)8-13-6-7-16-3/h10-11,13H,4-9H2,1-3H3. The van der Waals surface area contributed by atoms with Crippen LogP contribution in [0.5, 0.6) is 0 Å². The SMILES string of the molecule is COCCNCC(=O)N1CC(C)CCC1C. The molecule has 2 atom stereocenters. The topological polar surface area (TPSA) is 41.6 Å². The Morgan fingerprint density at radius 2 is 2.19 bits per heavy atom. The van der Waals surface area contributed by atoms with E-state index in [0.717, 1.165) is 19.5 Å². The second kappa shape index (κ2) is 6.86. The normalized spacial score (nSPS) is 25.8. The Kier molecular flexibility index (Phi) is 5.77. The third kappa shape index (κ3) is 4.10. The summed E-state index contributed by atoms with van der Waals surface area (Å²) in [6.07, 6.45) is 2.37. The highest BCUT2D eigenvalue weighted by Gasteiger charge is 2.26. The number of amides is 1. The zero-order valence-corrected chi connectivity index (χ0v) is 10.7. The van der Waals surface area contributed by atoms with Gasteiger partial charge < -0.3 is 15.0 Å². The summed E-state index contributed by atoms with van der Waals surface area (Å²) in [7, 11) is 1.66. The van der Waals surface area contributed by atoms with Gasteiger partial charge in [0, 0.05) is 26.2 Å². The monoisotopic (exact) mass is 228 g/mol. The Hall–Kier alpha value is -0.610. The number of nitrogens with zero attached hydrogens (tertiary/aromatic N) is 1. The van der Waals surface area contributed by atoms with E-state index in [2.05, 4.69) is 19.2 Å². The molecule has 4 heteroatoms. The van der Waals surface area contributed by atoms with E-state index in [0.29, 0.717) is 25.1 Å². The molecule has 1 aliphatic heterocycles. The summed E-state index contributed by atoms with van der Waals surface area (Å²) in [5.41, 5.74) is 0. The molecule has 0 radical (unpaired) electrons. The van der Waals surface area contributed by atoms with Gasteiger partial charge in [-0.2, -0.15) is 0 Å². The highest BCUT2D eigenvalue weighted by atomic mass is 16.5. The number of ether oxygens (including phenoxy) is 1. The number of likely N-dealkylation sites (tertiary alicyclic amines) is 1. The first-order valence-electron chi connectivity index (χ1n) is 6.14. The number of carbonyl (C=O) groups is 1. The lowest BCUT2D eigenvalue weighted by molar-refractivity contribution is -0.134. The number of carbonyl (C=O) groups excluding carboxylic acids is 1. The molecule has 1 fully saturated rings. The van der Waals surface area contributed by atoms with E-state index in [-0.39, 0.29) is 5.91 Å². The largest absolute Gasteiger partial charge is 0.383 e. The molecule has 0 spiro atoms. The quantitative estimate of drug-likeness (QED) is 0.710. The lowest BCUT2D eigenvalue weighted by Crippen LogP contribution is -2.48. The molecule has 1 saturated heterocycles. The summed E-state index contributed by atoms with van der Waals surface area (Å²) in [5, 5.41) is 3.10. The fourth-order valence-electron chi connectivity index (χ4n) is 2.11. The van der Waals surface area contributed by atoms with Crippen LogP contribution in [0.1, 0.15) is 26.7 Å². The van der Waals surface area contributed by atoms with E-state index >= 15 is 0 Å². The molecule has 1 heterocycles. The van der Waals surface area contributed by atoms with Gasteiger partial charge in [0.25, 0.3) is 0 Å². The Morgan fingerprint density at radius 1 is 1.44 bits per heavy atom. The zero-order valence-electron chi connectivity index (χ0n) is 10.7. The third-order valence-electron chi connectivity index (χ3n) is 3.20. The second-order valence-corrected chi connectivity index (χ2v) is 4.75. The Balaban J connectivity index is 2.28. The minimum Gasteiger partial charge on any atom is -0.383 e. The smallest absolute Gasteiger partial charge is 0.236 e. The summed E-state index contributed by atoms with van der Waals surface area (Å²) < 4.78 is 4.92. The van der Waals surface area contributed by atoms with Crippen LogP contribution in [-0.4, -0.2) is 50.2 Å². The molecule has 1 N–H and O–H groups in total. The first-order chi connectivity index (χ1) is 7.65. The van der Waals surface area contributed by atoms with Crippen LogP contribution in [0.15, 0.2) is 0 Å². The zero-order chi connectivity index (χ0) is 12.0. The van der Waals surface area contributed by atoms with Crippen molar-refractivity contribution in [2.24, 2.45) is 5.92 Å². The number of rotatable bonds is 5. The maximum atomic E-state index is 11.9. The van der Waals surface area contributed by atoms with Crippen LogP contribution in [0.2, 0.25) is 0 Å². The van der Waals surface area contributed by atoms with Gasteiger partial charge in [-0.1, -0.05) is 6.92 Å². The molecule has 2 unspecified atom stereocenters. The van der Waals surface area contributed by atoms with Crippen LogP contribution >= 0.6 is 0 Å². The van der Waals surface area contributed by atoms with Crippen LogP contribution < -0.4 is 5.32 Å². The van der Waals surface area contributed by atoms with Crippen molar-refractivity contribution in [1.82, 2.24) is 10.2 Å². The van der Waals surface area contributed by atoms with Gasteiger partial charge in [-0.05, 0) is 25.7 Å². The van der Waals surface area contributed by atoms with E-state index in [4.69, 9.17) is 4.74 Å². The molecule has 1 aliphatic rings. The van der Waals surface area contributed by atoms with Crippen molar-refractivity contribution in [2.75, 3.05) is 33.4 Å². The maximum Gasteiger partial charge on any atom is 0.236 e. The van der Waals surface area contributed by atoms with Crippen LogP contribution in [0, 0.1) is 5.92 Å². The fraction of sp³-hybridized carbons (Fsp3) is 0.917. The summed E-state index contributed by atoms with van der Waals surface area (Å²) in [4.78, 5) is 13.9. The summed E-state index contributed by atoms with van der Waals surface area (Å²) >= 11 is 0. The van der Waals surface area contributed by atoms with E-state index in [1.807, 2.05) is 4.90 Å².